The number of likely N-dealkylation sites (N-methyl/N-ethyl adjacent to an activating group) is 1. The van der Waals surface area contributed by atoms with Gasteiger partial charge in [-0.15, -0.1) is 0 Å². The fourth-order valence-corrected chi connectivity index (χ4v) is 2.68. The summed E-state index contributed by atoms with van der Waals surface area (Å²) in [5.41, 5.74) is 0. The van der Waals surface area contributed by atoms with E-state index in [9.17, 15) is 9.59 Å². The SMILES string of the molecule is CCCCC(CCC)NC(=O)N(C)C1COCC1C(=O)O. The molecule has 0 aromatic rings. The van der Waals surface area contributed by atoms with Crippen molar-refractivity contribution in [1.29, 1.82) is 0 Å². The van der Waals surface area contributed by atoms with Gasteiger partial charge in [0, 0.05) is 13.1 Å². The van der Waals surface area contributed by atoms with Gasteiger partial charge in [0.25, 0.3) is 0 Å². The lowest BCUT2D eigenvalue weighted by molar-refractivity contribution is -0.142. The fourth-order valence-electron chi connectivity index (χ4n) is 2.68. The van der Waals surface area contributed by atoms with Crippen molar-refractivity contribution in [3.8, 4) is 0 Å². The number of rotatable bonds is 8. The molecule has 1 heterocycles. The van der Waals surface area contributed by atoms with Crippen molar-refractivity contribution in [2.45, 2.75) is 58.0 Å². The van der Waals surface area contributed by atoms with E-state index in [1.165, 1.54) is 4.90 Å². The van der Waals surface area contributed by atoms with Crippen LogP contribution in [-0.2, 0) is 9.53 Å². The number of nitrogens with zero attached hydrogens (tertiary/aromatic N) is 1. The van der Waals surface area contributed by atoms with E-state index in [1.807, 2.05) is 0 Å². The molecule has 1 fully saturated rings. The predicted octanol–water partition coefficient (Wildman–Crippen LogP) is 2.09. The summed E-state index contributed by atoms with van der Waals surface area (Å²) in [6.07, 6.45) is 5.11. The van der Waals surface area contributed by atoms with Gasteiger partial charge in [-0.1, -0.05) is 33.1 Å². The maximum atomic E-state index is 12.3. The normalized spacial score (nSPS) is 22.8. The number of urea groups is 1. The van der Waals surface area contributed by atoms with Crippen LogP contribution < -0.4 is 5.32 Å². The number of hydrogen-bond donors (Lipinski definition) is 2. The maximum absolute atomic E-state index is 12.3. The largest absolute Gasteiger partial charge is 0.481 e. The Labute approximate surface area is 126 Å². The molecule has 1 aliphatic heterocycles. The first-order valence-corrected chi connectivity index (χ1v) is 7.85. The highest BCUT2D eigenvalue weighted by molar-refractivity contribution is 5.77. The zero-order valence-electron chi connectivity index (χ0n) is 13.3. The minimum absolute atomic E-state index is 0.162. The number of carbonyl (C=O) groups is 2. The van der Waals surface area contributed by atoms with Crippen LogP contribution in [0.25, 0.3) is 0 Å². The van der Waals surface area contributed by atoms with E-state index >= 15 is 0 Å². The maximum Gasteiger partial charge on any atom is 0.317 e. The second-order valence-corrected chi connectivity index (χ2v) is 5.74. The van der Waals surface area contributed by atoms with Gasteiger partial charge in [0.15, 0.2) is 0 Å². The van der Waals surface area contributed by atoms with Crippen molar-refractivity contribution in [3.63, 3.8) is 0 Å². The number of carbonyl (C=O) groups excluding carboxylic acids is 1. The Balaban J connectivity index is 2.57. The number of amides is 2. The van der Waals surface area contributed by atoms with Crippen LogP contribution in [0.3, 0.4) is 0 Å². The smallest absolute Gasteiger partial charge is 0.317 e. The Morgan fingerprint density at radius 1 is 1.29 bits per heavy atom. The van der Waals surface area contributed by atoms with E-state index < -0.39 is 17.9 Å². The summed E-state index contributed by atoms with van der Waals surface area (Å²) >= 11 is 0. The van der Waals surface area contributed by atoms with E-state index in [1.54, 1.807) is 7.05 Å². The molecule has 1 aliphatic rings. The molecular formula is C15H28N2O4. The first kappa shape index (κ1) is 17.8. The van der Waals surface area contributed by atoms with Crippen LogP contribution in [0.5, 0.6) is 0 Å². The third-order valence-corrected chi connectivity index (χ3v) is 4.06. The predicted molar refractivity (Wildman–Crippen MR) is 80.2 cm³/mol. The number of aliphatic carboxylic acids is 1. The summed E-state index contributed by atoms with van der Waals surface area (Å²) in [6, 6.07) is -0.433. The highest BCUT2D eigenvalue weighted by Crippen LogP contribution is 2.19. The Hall–Kier alpha value is -1.30. The molecule has 3 atom stereocenters. The number of nitrogens with one attached hydrogen (secondary N) is 1. The summed E-state index contributed by atoms with van der Waals surface area (Å²) in [6.45, 7) is 4.69. The van der Waals surface area contributed by atoms with Gasteiger partial charge >= 0.3 is 12.0 Å². The van der Waals surface area contributed by atoms with E-state index in [-0.39, 0.29) is 25.3 Å². The minimum Gasteiger partial charge on any atom is -0.481 e. The Bertz CT molecular complexity index is 349. The number of carboxylic acid groups (broad SMARTS) is 1. The van der Waals surface area contributed by atoms with Crippen LogP contribution in [-0.4, -0.2) is 54.4 Å². The van der Waals surface area contributed by atoms with Gasteiger partial charge in [-0.25, -0.2) is 4.79 Å². The van der Waals surface area contributed by atoms with Crippen LogP contribution in [0, 0.1) is 5.92 Å². The van der Waals surface area contributed by atoms with Crippen LogP contribution >= 0.6 is 0 Å². The van der Waals surface area contributed by atoms with Gasteiger partial charge < -0.3 is 20.1 Å². The molecule has 0 bridgehead atoms. The topological polar surface area (TPSA) is 78.9 Å². The molecule has 2 amide bonds. The Morgan fingerprint density at radius 3 is 2.57 bits per heavy atom. The lowest BCUT2D eigenvalue weighted by Gasteiger charge is -2.29. The molecule has 3 unspecified atom stereocenters. The van der Waals surface area contributed by atoms with Gasteiger partial charge in [-0.05, 0) is 12.8 Å². The molecule has 0 aromatic heterocycles. The molecule has 1 rings (SSSR count). The molecule has 21 heavy (non-hydrogen) atoms. The summed E-state index contributed by atoms with van der Waals surface area (Å²) < 4.78 is 5.22. The zero-order valence-corrected chi connectivity index (χ0v) is 13.3. The Morgan fingerprint density at radius 2 is 2.00 bits per heavy atom. The summed E-state index contributed by atoms with van der Waals surface area (Å²) in [5.74, 6) is -1.55. The second-order valence-electron chi connectivity index (χ2n) is 5.74. The van der Waals surface area contributed by atoms with Gasteiger partial charge in [0.2, 0.25) is 0 Å². The first-order valence-electron chi connectivity index (χ1n) is 7.85. The van der Waals surface area contributed by atoms with Crippen LogP contribution in [0.1, 0.15) is 46.0 Å². The van der Waals surface area contributed by atoms with Gasteiger partial charge in [0.1, 0.15) is 5.92 Å². The molecular weight excluding hydrogens is 272 g/mol. The molecule has 1 saturated heterocycles. The third-order valence-electron chi connectivity index (χ3n) is 4.06. The van der Waals surface area contributed by atoms with Crippen molar-refractivity contribution in [3.05, 3.63) is 0 Å². The minimum atomic E-state index is -0.909. The lowest BCUT2D eigenvalue weighted by atomic mass is 10.0. The average molecular weight is 300 g/mol. The molecule has 0 spiro atoms. The molecule has 0 aliphatic carbocycles. The highest BCUT2D eigenvalue weighted by Gasteiger charge is 2.38. The van der Waals surface area contributed by atoms with Crippen LogP contribution in [0.15, 0.2) is 0 Å². The number of hydrogen-bond acceptors (Lipinski definition) is 3. The molecule has 6 nitrogen and oxygen atoms in total. The quantitative estimate of drug-likeness (QED) is 0.719. The average Bonchev–Trinajstić information content (AvgIpc) is 2.93. The third kappa shape index (κ3) is 5.19. The summed E-state index contributed by atoms with van der Waals surface area (Å²) in [7, 11) is 1.65. The molecule has 0 saturated carbocycles. The van der Waals surface area contributed by atoms with Crippen molar-refractivity contribution >= 4 is 12.0 Å². The first-order chi connectivity index (χ1) is 10.0. The molecule has 2 N–H and O–H groups in total. The van der Waals surface area contributed by atoms with Gasteiger partial charge in [-0.3, -0.25) is 4.79 Å². The van der Waals surface area contributed by atoms with Crippen molar-refractivity contribution in [1.82, 2.24) is 10.2 Å². The molecule has 122 valence electrons. The van der Waals surface area contributed by atoms with E-state index in [2.05, 4.69) is 19.2 Å². The zero-order chi connectivity index (χ0) is 15.8. The summed E-state index contributed by atoms with van der Waals surface area (Å²) in [5, 5.41) is 12.2. The monoisotopic (exact) mass is 300 g/mol. The van der Waals surface area contributed by atoms with E-state index in [4.69, 9.17) is 9.84 Å². The van der Waals surface area contributed by atoms with E-state index in [0.717, 1.165) is 32.1 Å². The second kappa shape index (κ2) is 8.87. The highest BCUT2D eigenvalue weighted by atomic mass is 16.5. The molecule has 0 radical (unpaired) electrons. The number of unbranched alkanes of at least 4 members (excludes halogenated alkanes) is 1. The van der Waals surface area contributed by atoms with Gasteiger partial charge in [-0.2, -0.15) is 0 Å². The lowest BCUT2D eigenvalue weighted by Crippen LogP contribution is -2.50. The van der Waals surface area contributed by atoms with Crippen molar-refractivity contribution < 1.29 is 19.4 Å². The van der Waals surface area contributed by atoms with Crippen LogP contribution in [0.2, 0.25) is 0 Å². The van der Waals surface area contributed by atoms with E-state index in [0.29, 0.717) is 0 Å². The van der Waals surface area contributed by atoms with Crippen molar-refractivity contribution in [2.75, 3.05) is 20.3 Å². The van der Waals surface area contributed by atoms with Crippen molar-refractivity contribution in [2.24, 2.45) is 5.92 Å². The van der Waals surface area contributed by atoms with Gasteiger partial charge in [0.05, 0.1) is 19.3 Å². The Kier molecular flexibility index (Phi) is 7.50. The summed E-state index contributed by atoms with van der Waals surface area (Å²) in [4.78, 5) is 25.0. The standard InChI is InChI=1S/C15H28N2O4/c1-4-6-8-11(7-5-2)16-15(20)17(3)13-10-21-9-12(13)14(18)19/h11-13H,4-10H2,1-3H3,(H,16,20)(H,18,19). The molecule has 6 heteroatoms. The fraction of sp³-hybridized carbons (Fsp3) is 0.867. The molecule has 0 aromatic carbocycles. The van der Waals surface area contributed by atoms with Crippen LogP contribution in [0.4, 0.5) is 4.79 Å². The number of ether oxygens (including phenoxy) is 1. The number of carboxylic acids is 1.